The molecule has 5 nitrogen and oxygen atoms in total. The van der Waals surface area contributed by atoms with Gasteiger partial charge < -0.3 is 10.0 Å². The van der Waals surface area contributed by atoms with E-state index in [1.807, 2.05) is 24.3 Å². The molecule has 1 fully saturated rings. The Hall–Kier alpha value is -2.43. The summed E-state index contributed by atoms with van der Waals surface area (Å²) in [7, 11) is 0. The van der Waals surface area contributed by atoms with Crippen molar-refractivity contribution in [2.75, 3.05) is 13.1 Å². The first-order chi connectivity index (χ1) is 10.5. The first-order valence-corrected chi connectivity index (χ1v) is 7.37. The van der Waals surface area contributed by atoms with Crippen LogP contribution in [0.15, 0.2) is 36.7 Å². The lowest BCUT2D eigenvalue weighted by molar-refractivity contribution is -0.150. The number of carboxylic acid groups (broad SMARTS) is 1. The molecule has 1 aromatic carbocycles. The first kappa shape index (κ1) is 14.5. The summed E-state index contributed by atoms with van der Waals surface area (Å²) in [5, 5.41) is 11.1. The number of hydrogen-bond donors (Lipinski definition) is 1. The summed E-state index contributed by atoms with van der Waals surface area (Å²) < 4.78 is 0. The number of aliphatic carboxylic acids is 1. The van der Waals surface area contributed by atoms with Crippen molar-refractivity contribution in [1.29, 1.82) is 0 Å². The van der Waals surface area contributed by atoms with E-state index < -0.39 is 11.4 Å². The Morgan fingerprint density at radius 2 is 2.05 bits per heavy atom. The number of aromatic nitrogens is 1. The van der Waals surface area contributed by atoms with Gasteiger partial charge in [0.2, 0.25) is 0 Å². The molecule has 0 aliphatic carbocycles. The Bertz CT molecular complexity index is 738. The average Bonchev–Trinajstić information content (AvgIpc) is 2.53. The third kappa shape index (κ3) is 2.43. The Labute approximate surface area is 128 Å². The molecule has 2 aromatic rings. The van der Waals surface area contributed by atoms with Gasteiger partial charge in [0.1, 0.15) is 0 Å². The van der Waals surface area contributed by atoms with Crippen molar-refractivity contribution in [3.05, 3.63) is 42.2 Å². The third-order valence-electron chi connectivity index (χ3n) is 4.40. The highest BCUT2D eigenvalue weighted by molar-refractivity contribution is 6.06. The quantitative estimate of drug-likeness (QED) is 0.925. The van der Waals surface area contributed by atoms with Gasteiger partial charge in [-0.25, -0.2) is 0 Å². The van der Waals surface area contributed by atoms with E-state index in [1.165, 1.54) is 0 Å². The van der Waals surface area contributed by atoms with Gasteiger partial charge in [0.05, 0.1) is 11.0 Å². The maximum atomic E-state index is 12.8. The van der Waals surface area contributed by atoms with Crippen LogP contribution in [0.1, 0.15) is 30.1 Å². The lowest BCUT2D eigenvalue weighted by atomic mass is 9.82. The van der Waals surface area contributed by atoms with Crippen molar-refractivity contribution in [2.45, 2.75) is 19.8 Å². The van der Waals surface area contributed by atoms with Gasteiger partial charge in [0, 0.05) is 30.9 Å². The number of nitrogens with zero attached hydrogens (tertiary/aromatic N) is 2. The van der Waals surface area contributed by atoms with Crippen LogP contribution in [-0.2, 0) is 4.79 Å². The second-order valence-corrected chi connectivity index (χ2v) is 6.10. The maximum Gasteiger partial charge on any atom is 0.311 e. The molecule has 5 heteroatoms. The first-order valence-electron chi connectivity index (χ1n) is 7.37. The van der Waals surface area contributed by atoms with Crippen LogP contribution in [0.5, 0.6) is 0 Å². The number of carbonyl (C=O) groups is 2. The standard InChI is InChI=1S/C17H18N2O3/c1-17(16(21)22)7-4-8-19(11-17)15(20)14-10-18-9-12-5-2-3-6-13(12)14/h2-3,5-6,9-10H,4,7-8,11H2,1H3,(H,21,22). The van der Waals surface area contributed by atoms with Crippen LogP contribution >= 0.6 is 0 Å². The molecule has 1 aliphatic heterocycles. The molecule has 22 heavy (non-hydrogen) atoms. The maximum absolute atomic E-state index is 12.8. The van der Waals surface area contributed by atoms with E-state index in [0.717, 1.165) is 10.8 Å². The molecule has 0 spiro atoms. The fourth-order valence-corrected chi connectivity index (χ4v) is 3.04. The van der Waals surface area contributed by atoms with Crippen molar-refractivity contribution in [1.82, 2.24) is 9.88 Å². The van der Waals surface area contributed by atoms with Crippen LogP contribution in [-0.4, -0.2) is 40.0 Å². The van der Waals surface area contributed by atoms with Gasteiger partial charge in [0.25, 0.3) is 5.91 Å². The zero-order valence-corrected chi connectivity index (χ0v) is 12.5. The monoisotopic (exact) mass is 298 g/mol. The second-order valence-electron chi connectivity index (χ2n) is 6.10. The largest absolute Gasteiger partial charge is 0.481 e. The molecule has 0 bridgehead atoms. The number of carbonyl (C=O) groups excluding carboxylic acids is 1. The molecule has 0 saturated carbocycles. The number of carboxylic acids is 1. The van der Waals surface area contributed by atoms with Crippen LogP contribution in [0.4, 0.5) is 0 Å². The van der Waals surface area contributed by atoms with Gasteiger partial charge in [0.15, 0.2) is 0 Å². The van der Waals surface area contributed by atoms with E-state index in [2.05, 4.69) is 4.98 Å². The lowest BCUT2D eigenvalue weighted by Gasteiger charge is -2.37. The van der Waals surface area contributed by atoms with Crippen molar-refractivity contribution in [3.8, 4) is 0 Å². The molecule has 1 saturated heterocycles. The van der Waals surface area contributed by atoms with E-state index >= 15 is 0 Å². The number of amides is 1. The van der Waals surface area contributed by atoms with Gasteiger partial charge in [-0.1, -0.05) is 24.3 Å². The van der Waals surface area contributed by atoms with Crippen LogP contribution in [0.25, 0.3) is 10.8 Å². The molecule has 3 rings (SSSR count). The molecule has 0 radical (unpaired) electrons. The Balaban J connectivity index is 1.94. The van der Waals surface area contributed by atoms with Crippen LogP contribution < -0.4 is 0 Å². The number of rotatable bonds is 2. The van der Waals surface area contributed by atoms with Crippen molar-refractivity contribution >= 4 is 22.6 Å². The minimum atomic E-state index is -0.869. The predicted molar refractivity (Wildman–Crippen MR) is 82.6 cm³/mol. The second kappa shape index (κ2) is 5.40. The molecular weight excluding hydrogens is 280 g/mol. The SMILES string of the molecule is CC1(C(=O)O)CCCN(C(=O)c2cncc3ccccc23)C1. The predicted octanol–water partition coefficient (Wildman–Crippen LogP) is 2.56. The van der Waals surface area contributed by atoms with Gasteiger partial charge in [-0.05, 0) is 25.2 Å². The third-order valence-corrected chi connectivity index (χ3v) is 4.40. The molecule has 1 N–H and O–H groups in total. The highest BCUT2D eigenvalue weighted by atomic mass is 16.4. The Morgan fingerprint density at radius 1 is 1.27 bits per heavy atom. The molecule has 1 aromatic heterocycles. The molecule has 1 atom stereocenters. The number of likely N-dealkylation sites (tertiary alicyclic amines) is 1. The smallest absolute Gasteiger partial charge is 0.311 e. The molecule has 1 aliphatic rings. The summed E-state index contributed by atoms with van der Waals surface area (Å²) in [6.07, 6.45) is 4.59. The highest BCUT2D eigenvalue weighted by Crippen LogP contribution is 2.31. The van der Waals surface area contributed by atoms with E-state index in [4.69, 9.17) is 0 Å². The number of piperidine rings is 1. The summed E-state index contributed by atoms with van der Waals surface area (Å²) in [4.78, 5) is 30.0. The Kier molecular flexibility index (Phi) is 3.56. The van der Waals surface area contributed by atoms with Gasteiger partial charge >= 0.3 is 5.97 Å². The summed E-state index contributed by atoms with van der Waals surface area (Å²) in [6.45, 7) is 2.53. The van der Waals surface area contributed by atoms with Crippen LogP contribution in [0, 0.1) is 5.41 Å². The molecule has 1 unspecified atom stereocenters. The van der Waals surface area contributed by atoms with Crippen LogP contribution in [0.3, 0.4) is 0 Å². The minimum absolute atomic E-state index is 0.142. The zero-order valence-electron chi connectivity index (χ0n) is 12.5. The fraction of sp³-hybridized carbons (Fsp3) is 0.353. The zero-order chi connectivity index (χ0) is 15.7. The summed E-state index contributed by atoms with van der Waals surface area (Å²) in [5.74, 6) is -0.988. The highest BCUT2D eigenvalue weighted by Gasteiger charge is 2.39. The summed E-state index contributed by atoms with van der Waals surface area (Å²) >= 11 is 0. The van der Waals surface area contributed by atoms with Gasteiger partial charge in [-0.3, -0.25) is 14.6 Å². The van der Waals surface area contributed by atoms with E-state index in [-0.39, 0.29) is 12.5 Å². The topological polar surface area (TPSA) is 70.5 Å². The number of pyridine rings is 1. The number of fused-ring (bicyclic) bond motifs is 1. The normalized spacial score (nSPS) is 21.8. The lowest BCUT2D eigenvalue weighted by Crippen LogP contribution is -2.48. The van der Waals surface area contributed by atoms with Crippen molar-refractivity contribution in [2.24, 2.45) is 5.41 Å². The van der Waals surface area contributed by atoms with Crippen molar-refractivity contribution < 1.29 is 14.7 Å². The summed E-state index contributed by atoms with van der Waals surface area (Å²) in [6, 6.07) is 7.60. The molecule has 2 heterocycles. The minimum Gasteiger partial charge on any atom is -0.481 e. The average molecular weight is 298 g/mol. The Morgan fingerprint density at radius 3 is 2.82 bits per heavy atom. The fourth-order valence-electron chi connectivity index (χ4n) is 3.04. The van der Waals surface area contributed by atoms with Gasteiger partial charge in [-0.15, -0.1) is 0 Å². The number of hydrogen-bond acceptors (Lipinski definition) is 3. The van der Waals surface area contributed by atoms with E-state index in [9.17, 15) is 14.7 Å². The molecule has 1 amide bonds. The van der Waals surface area contributed by atoms with E-state index in [0.29, 0.717) is 24.9 Å². The van der Waals surface area contributed by atoms with Crippen molar-refractivity contribution in [3.63, 3.8) is 0 Å². The van der Waals surface area contributed by atoms with E-state index in [1.54, 1.807) is 24.2 Å². The van der Waals surface area contributed by atoms with Crippen LogP contribution in [0.2, 0.25) is 0 Å². The molecule has 114 valence electrons. The number of benzene rings is 1. The molecular formula is C17H18N2O3. The van der Waals surface area contributed by atoms with Gasteiger partial charge in [-0.2, -0.15) is 0 Å². The summed E-state index contributed by atoms with van der Waals surface area (Å²) in [5.41, 5.74) is -0.334.